The smallest absolute Gasteiger partial charge is 0.333 e. The maximum atomic E-state index is 12.8. The van der Waals surface area contributed by atoms with Gasteiger partial charge in [0.2, 0.25) is 21.8 Å². The SMILES string of the molecule is CCN(Cc1nnc(-c2ccccc2)o1)S(=O)(=O)c1cn(C(F)F)nc1C. The third kappa shape index (κ3) is 3.88. The van der Waals surface area contributed by atoms with E-state index in [-0.39, 0.29) is 35.5 Å². The van der Waals surface area contributed by atoms with Gasteiger partial charge >= 0.3 is 6.55 Å². The van der Waals surface area contributed by atoms with Crippen molar-refractivity contribution in [2.24, 2.45) is 0 Å². The van der Waals surface area contributed by atoms with E-state index >= 15 is 0 Å². The summed E-state index contributed by atoms with van der Waals surface area (Å²) in [6.45, 7) is -0.0338. The summed E-state index contributed by atoms with van der Waals surface area (Å²) in [7, 11) is -4.06. The molecule has 1 aromatic carbocycles. The highest BCUT2D eigenvalue weighted by Gasteiger charge is 2.29. The Balaban J connectivity index is 1.86. The monoisotopic (exact) mass is 397 g/mol. The average Bonchev–Trinajstić information content (AvgIpc) is 3.27. The van der Waals surface area contributed by atoms with Crippen molar-refractivity contribution in [3.05, 3.63) is 48.1 Å². The second-order valence-electron chi connectivity index (χ2n) is 5.63. The van der Waals surface area contributed by atoms with E-state index < -0.39 is 16.6 Å². The van der Waals surface area contributed by atoms with Gasteiger partial charge in [0.05, 0.1) is 18.4 Å². The molecule has 0 amide bonds. The van der Waals surface area contributed by atoms with Gasteiger partial charge < -0.3 is 4.42 Å². The number of halogens is 2. The Kier molecular flexibility index (Phi) is 5.33. The third-order valence-corrected chi connectivity index (χ3v) is 5.87. The maximum absolute atomic E-state index is 12.8. The quantitative estimate of drug-likeness (QED) is 0.609. The molecule has 27 heavy (non-hydrogen) atoms. The van der Waals surface area contributed by atoms with Gasteiger partial charge in [0, 0.05) is 12.1 Å². The number of rotatable bonds is 7. The fourth-order valence-electron chi connectivity index (χ4n) is 2.49. The summed E-state index contributed by atoms with van der Waals surface area (Å²) in [6, 6.07) is 9.03. The Morgan fingerprint density at radius 2 is 1.93 bits per heavy atom. The molecule has 0 fully saturated rings. The summed E-state index contributed by atoms with van der Waals surface area (Å²) in [6.07, 6.45) is 0.821. The van der Waals surface area contributed by atoms with Crippen LogP contribution in [0.2, 0.25) is 0 Å². The molecule has 144 valence electrons. The zero-order valence-electron chi connectivity index (χ0n) is 14.6. The summed E-state index contributed by atoms with van der Waals surface area (Å²) in [5, 5.41) is 11.4. The zero-order chi connectivity index (χ0) is 19.6. The van der Waals surface area contributed by atoms with Crippen LogP contribution in [0.3, 0.4) is 0 Å². The van der Waals surface area contributed by atoms with Crippen LogP contribution in [0.1, 0.15) is 25.1 Å². The normalized spacial score (nSPS) is 12.2. The number of nitrogens with zero attached hydrogens (tertiary/aromatic N) is 5. The van der Waals surface area contributed by atoms with Gasteiger partial charge in [-0.3, -0.25) is 0 Å². The van der Waals surface area contributed by atoms with E-state index in [2.05, 4.69) is 15.3 Å². The minimum absolute atomic E-state index is 0.00995. The number of benzene rings is 1. The second kappa shape index (κ2) is 7.53. The molecule has 0 saturated heterocycles. The van der Waals surface area contributed by atoms with E-state index in [0.717, 1.165) is 10.5 Å². The number of hydrogen-bond donors (Lipinski definition) is 0. The van der Waals surface area contributed by atoms with Crippen molar-refractivity contribution in [1.82, 2.24) is 24.3 Å². The lowest BCUT2D eigenvalue weighted by molar-refractivity contribution is 0.0561. The van der Waals surface area contributed by atoms with Crippen LogP contribution in [0.4, 0.5) is 8.78 Å². The molecule has 0 unspecified atom stereocenters. The van der Waals surface area contributed by atoms with Crippen LogP contribution in [-0.4, -0.2) is 39.2 Å². The van der Waals surface area contributed by atoms with Crippen molar-refractivity contribution in [2.45, 2.75) is 31.8 Å². The molecule has 0 aliphatic carbocycles. The molecule has 0 atom stereocenters. The summed E-state index contributed by atoms with van der Waals surface area (Å²) in [5.74, 6) is 0.360. The van der Waals surface area contributed by atoms with Gasteiger partial charge in [-0.1, -0.05) is 25.1 Å². The number of aryl methyl sites for hydroxylation is 1. The molecule has 2 aromatic heterocycles. The number of sulfonamides is 1. The molecule has 3 aromatic rings. The molecule has 11 heteroatoms. The van der Waals surface area contributed by atoms with Gasteiger partial charge in [0.25, 0.3) is 0 Å². The van der Waals surface area contributed by atoms with E-state index in [0.29, 0.717) is 10.2 Å². The lowest BCUT2D eigenvalue weighted by atomic mass is 10.2. The number of aromatic nitrogens is 4. The van der Waals surface area contributed by atoms with Crippen LogP contribution in [-0.2, 0) is 16.6 Å². The van der Waals surface area contributed by atoms with Gasteiger partial charge in [-0.25, -0.2) is 13.1 Å². The standard InChI is InChI=1S/C16H17F2N5O3S/c1-3-22(27(24,25)13-9-23(16(17)18)21-11(13)2)10-14-19-20-15(26-14)12-7-5-4-6-8-12/h4-9,16H,3,10H2,1-2H3. The largest absolute Gasteiger partial charge is 0.419 e. The van der Waals surface area contributed by atoms with E-state index in [9.17, 15) is 17.2 Å². The lowest BCUT2D eigenvalue weighted by Gasteiger charge is -2.17. The second-order valence-corrected chi connectivity index (χ2v) is 7.54. The topological polar surface area (TPSA) is 94.1 Å². The highest BCUT2D eigenvalue weighted by atomic mass is 32.2. The molecule has 0 aliphatic rings. The minimum Gasteiger partial charge on any atom is -0.419 e. The first-order valence-corrected chi connectivity index (χ1v) is 9.48. The van der Waals surface area contributed by atoms with Crippen molar-refractivity contribution in [2.75, 3.05) is 6.54 Å². The Hall–Kier alpha value is -2.66. The van der Waals surface area contributed by atoms with Crippen molar-refractivity contribution < 1.29 is 21.6 Å². The molecular formula is C16H17F2N5O3S. The van der Waals surface area contributed by atoms with Crippen LogP contribution < -0.4 is 0 Å². The van der Waals surface area contributed by atoms with Crippen LogP contribution in [0.5, 0.6) is 0 Å². The molecule has 3 rings (SSSR count). The predicted octanol–water partition coefficient (Wildman–Crippen LogP) is 2.85. The molecule has 0 N–H and O–H groups in total. The zero-order valence-corrected chi connectivity index (χ0v) is 15.4. The minimum atomic E-state index is -4.06. The number of hydrogen-bond acceptors (Lipinski definition) is 6. The molecule has 0 spiro atoms. The maximum Gasteiger partial charge on any atom is 0.333 e. The fourth-order valence-corrected chi connectivity index (χ4v) is 4.04. The third-order valence-electron chi connectivity index (χ3n) is 3.84. The molecule has 0 aliphatic heterocycles. The summed E-state index contributed by atoms with van der Waals surface area (Å²) < 4.78 is 58.2. The Bertz CT molecular complexity index is 1020. The first-order chi connectivity index (χ1) is 12.8. The highest BCUT2D eigenvalue weighted by molar-refractivity contribution is 7.89. The van der Waals surface area contributed by atoms with E-state index in [1.165, 1.54) is 6.92 Å². The van der Waals surface area contributed by atoms with Gasteiger partial charge in [0.15, 0.2) is 0 Å². The van der Waals surface area contributed by atoms with Gasteiger partial charge in [-0.2, -0.15) is 18.2 Å². The lowest BCUT2D eigenvalue weighted by Crippen LogP contribution is -2.30. The van der Waals surface area contributed by atoms with E-state index in [1.54, 1.807) is 19.1 Å². The van der Waals surface area contributed by atoms with E-state index in [4.69, 9.17) is 4.42 Å². The van der Waals surface area contributed by atoms with Crippen LogP contribution in [0, 0.1) is 6.92 Å². The molecular weight excluding hydrogens is 380 g/mol. The van der Waals surface area contributed by atoms with Crippen LogP contribution >= 0.6 is 0 Å². The van der Waals surface area contributed by atoms with Crippen LogP contribution in [0.15, 0.2) is 45.8 Å². The van der Waals surface area contributed by atoms with E-state index in [1.807, 2.05) is 18.2 Å². The highest BCUT2D eigenvalue weighted by Crippen LogP contribution is 2.24. The van der Waals surface area contributed by atoms with Crippen LogP contribution in [0.25, 0.3) is 11.5 Å². The Morgan fingerprint density at radius 1 is 1.22 bits per heavy atom. The molecule has 2 heterocycles. The number of alkyl halides is 2. The van der Waals surface area contributed by atoms with Gasteiger partial charge in [-0.05, 0) is 19.1 Å². The first-order valence-electron chi connectivity index (χ1n) is 8.04. The summed E-state index contributed by atoms with van der Waals surface area (Å²) in [4.78, 5) is -0.285. The summed E-state index contributed by atoms with van der Waals surface area (Å²) in [5.41, 5.74) is 0.695. The first kappa shape index (κ1) is 19.1. The van der Waals surface area contributed by atoms with Crippen molar-refractivity contribution in [1.29, 1.82) is 0 Å². The molecule has 0 radical (unpaired) electrons. The average molecular weight is 397 g/mol. The Labute approximate surface area is 154 Å². The van der Waals surface area contributed by atoms with Crippen molar-refractivity contribution in [3.63, 3.8) is 0 Å². The van der Waals surface area contributed by atoms with Gasteiger partial charge in [-0.15, -0.1) is 10.2 Å². The molecule has 8 nitrogen and oxygen atoms in total. The Morgan fingerprint density at radius 3 is 2.52 bits per heavy atom. The fraction of sp³-hybridized carbons (Fsp3) is 0.312. The molecule has 0 bridgehead atoms. The predicted molar refractivity (Wildman–Crippen MR) is 91.2 cm³/mol. The van der Waals surface area contributed by atoms with Crippen molar-refractivity contribution in [3.8, 4) is 11.5 Å². The molecule has 0 saturated carbocycles. The summed E-state index contributed by atoms with van der Waals surface area (Å²) >= 11 is 0. The van der Waals surface area contributed by atoms with Gasteiger partial charge in [0.1, 0.15) is 4.90 Å². The van der Waals surface area contributed by atoms with Crippen molar-refractivity contribution >= 4 is 10.0 Å².